The van der Waals surface area contributed by atoms with E-state index < -0.39 is 0 Å². The zero-order chi connectivity index (χ0) is 15.1. The van der Waals surface area contributed by atoms with Crippen LogP contribution < -0.4 is 10.1 Å². The maximum absolute atomic E-state index is 11.8. The topological polar surface area (TPSA) is 62.1 Å². The van der Waals surface area contributed by atoms with E-state index in [0.717, 1.165) is 10.0 Å². The first-order valence-corrected chi connectivity index (χ1v) is 7.11. The maximum atomic E-state index is 11.8. The number of benzene rings is 2. The maximum Gasteiger partial charge on any atom is 0.262 e. The molecular weight excluding hydrogens is 332 g/mol. The average molecular weight is 345 g/mol. The summed E-state index contributed by atoms with van der Waals surface area (Å²) < 4.78 is 6.29. The zero-order valence-electron chi connectivity index (χ0n) is 11.2. The molecule has 0 radical (unpaired) electrons. The van der Waals surface area contributed by atoms with Gasteiger partial charge in [0.2, 0.25) is 0 Å². The van der Waals surface area contributed by atoms with Crippen molar-refractivity contribution in [1.82, 2.24) is 0 Å². The van der Waals surface area contributed by atoms with Crippen molar-refractivity contribution in [1.29, 1.82) is 5.26 Å². The first kappa shape index (κ1) is 15.1. The second kappa shape index (κ2) is 7.46. The van der Waals surface area contributed by atoms with E-state index in [2.05, 4.69) is 27.3 Å². The lowest BCUT2D eigenvalue weighted by atomic mass is 10.2. The van der Waals surface area contributed by atoms with Gasteiger partial charge in [0.05, 0.1) is 12.5 Å². The largest absolute Gasteiger partial charge is 0.484 e. The third kappa shape index (κ3) is 4.93. The number of carbonyl (C=O) groups is 1. The molecule has 0 saturated carbocycles. The third-order valence-corrected chi connectivity index (χ3v) is 3.18. The van der Waals surface area contributed by atoms with E-state index in [1.165, 1.54) is 0 Å². The van der Waals surface area contributed by atoms with Crippen LogP contribution in [-0.4, -0.2) is 12.5 Å². The average Bonchev–Trinajstić information content (AvgIpc) is 2.47. The van der Waals surface area contributed by atoms with Gasteiger partial charge in [0.1, 0.15) is 5.75 Å². The standard InChI is InChI=1S/C16H13BrN2O2/c17-13-2-1-3-14(10-13)19-16(20)11-21-15-6-4-12(5-7-15)8-9-18/h1-7,10H,8,11H2,(H,19,20). The Balaban J connectivity index is 1.85. The lowest BCUT2D eigenvalue weighted by Crippen LogP contribution is -2.20. The van der Waals surface area contributed by atoms with Crippen LogP contribution in [0.5, 0.6) is 5.75 Å². The van der Waals surface area contributed by atoms with Crippen LogP contribution in [0.15, 0.2) is 53.0 Å². The number of halogens is 1. The van der Waals surface area contributed by atoms with Crippen LogP contribution in [-0.2, 0) is 11.2 Å². The minimum Gasteiger partial charge on any atom is -0.484 e. The number of hydrogen-bond acceptors (Lipinski definition) is 3. The molecule has 0 aliphatic carbocycles. The Morgan fingerprint density at radius 2 is 2.00 bits per heavy atom. The number of carbonyl (C=O) groups excluding carboxylic acids is 1. The Kier molecular flexibility index (Phi) is 5.35. The van der Waals surface area contributed by atoms with Gasteiger partial charge < -0.3 is 10.1 Å². The molecule has 2 rings (SSSR count). The van der Waals surface area contributed by atoms with E-state index in [1.54, 1.807) is 18.2 Å². The fourth-order valence-electron chi connectivity index (χ4n) is 1.71. The van der Waals surface area contributed by atoms with Gasteiger partial charge in [0.25, 0.3) is 5.91 Å². The molecule has 0 saturated heterocycles. The first-order valence-electron chi connectivity index (χ1n) is 6.31. The molecule has 0 atom stereocenters. The van der Waals surface area contributed by atoms with Gasteiger partial charge in [0.15, 0.2) is 6.61 Å². The summed E-state index contributed by atoms with van der Waals surface area (Å²) in [5, 5.41) is 11.3. The lowest BCUT2D eigenvalue weighted by molar-refractivity contribution is -0.118. The van der Waals surface area contributed by atoms with Gasteiger partial charge in [-0.15, -0.1) is 0 Å². The number of nitrogens with one attached hydrogen (secondary N) is 1. The molecule has 4 nitrogen and oxygen atoms in total. The molecule has 21 heavy (non-hydrogen) atoms. The van der Waals surface area contributed by atoms with Crippen LogP contribution >= 0.6 is 15.9 Å². The van der Waals surface area contributed by atoms with Crippen molar-refractivity contribution >= 4 is 27.5 Å². The molecule has 1 N–H and O–H groups in total. The molecule has 0 unspecified atom stereocenters. The van der Waals surface area contributed by atoms with Gasteiger partial charge in [-0.25, -0.2) is 0 Å². The van der Waals surface area contributed by atoms with Gasteiger partial charge in [0, 0.05) is 10.2 Å². The number of anilines is 1. The summed E-state index contributed by atoms with van der Waals surface area (Å²) in [5.74, 6) is 0.371. The van der Waals surface area contributed by atoms with Crippen molar-refractivity contribution in [2.24, 2.45) is 0 Å². The molecule has 0 spiro atoms. The lowest BCUT2D eigenvalue weighted by Gasteiger charge is -2.08. The predicted octanol–water partition coefficient (Wildman–Crippen LogP) is 3.53. The molecule has 0 aliphatic rings. The van der Waals surface area contributed by atoms with E-state index in [-0.39, 0.29) is 12.5 Å². The van der Waals surface area contributed by atoms with Crippen LogP contribution in [0.2, 0.25) is 0 Å². The first-order chi connectivity index (χ1) is 10.2. The summed E-state index contributed by atoms with van der Waals surface area (Å²) in [7, 11) is 0. The van der Waals surface area contributed by atoms with Crippen LogP contribution in [0, 0.1) is 11.3 Å². The van der Waals surface area contributed by atoms with Gasteiger partial charge >= 0.3 is 0 Å². The highest BCUT2D eigenvalue weighted by molar-refractivity contribution is 9.10. The van der Waals surface area contributed by atoms with Gasteiger partial charge in [-0.1, -0.05) is 34.1 Å². The predicted molar refractivity (Wildman–Crippen MR) is 84.0 cm³/mol. The molecular formula is C16H13BrN2O2. The molecule has 0 aliphatic heterocycles. The quantitative estimate of drug-likeness (QED) is 0.902. The molecule has 0 aromatic heterocycles. The molecule has 106 valence electrons. The summed E-state index contributed by atoms with van der Waals surface area (Å²) in [5.41, 5.74) is 1.63. The Bertz CT molecular complexity index is 663. The normalized spacial score (nSPS) is 9.71. The van der Waals surface area contributed by atoms with Crippen molar-refractivity contribution in [3.63, 3.8) is 0 Å². The Morgan fingerprint density at radius 1 is 1.24 bits per heavy atom. The van der Waals surface area contributed by atoms with Crippen molar-refractivity contribution in [3.8, 4) is 11.8 Å². The highest BCUT2D eigenvalue weighted by atomic mass is 79.9. The molecule has 0 fully saturated rings. The molecule has 0 bridgehead atoms. The highest BCUT2D eigenvalue weighted by Gasteiger charge is 2.04. The third-order valence-electron chi connectivity index (χ3n) is 2.68. The number of amides is 1. The van der Waals surface area contributed by atoms with Crippen LogP contribution in [0.25, 0.3) is 0 Å². The van der Waals surface area contributed by atoms with Crippen molar-refractivity contribution in [2.45, 2.75) is 6.42 Å². The molecule has 0 heterocycles. The van der Waals surface area contributed by atoms with Crippen LogP contribution in [0.4, 0.5) is 5.69 Å². The molecule has 2 aromatic rings. The van der Waals surface area contributed by atoms with Crippen molar-refractivity contribution in [3.05, 3.63) is 58.6 Å². The Hall–Kier alpha value is -2.32. The number of nitriles is 1. The summed E-state index contributed by atoms with van der Waals surface area (Å²) >= 11 is 3.34. The van der Waals surface area contributed by atoms with Crippen LogP contribution in [0.1, 0.15) is 5.56 Å². The number of nitrogens with zero attached hydrogens (tertiary/aromatic N) is 1. The number of ether oxygens (including phenoxy) is 1. The van der Waals surface area contributed by atoms with Gasteiger partial charge in [-0.2, -0.15) is 5.26 Å². The Morgan fingerprint density at radius 3 is 2.67 bits per heavy atom. The monoisotopic (exact) mass is 344 g/mol. The van der Waals surface area contributed by atoms with E-state index in [0.29, 0.717) is 17.9 Å². The zero-order valence-corrected chi connectivity index (χ0v) is 12.8. The van der Waals surface area contributed by atoms with E-state index in [9.17, 15) is 4.79 Å². The minimum atomic E-state index is -0.228. The highest BCUT2D eigenvalue weighted by Crippen LogP contribution is 2.16. The minimum absolute atomic E-state index is 0.0654. The smallest absolute Gasteiger partial charge is 0.262 e. The number of hydrogen-bond donors (Lipinski definition) is 1. The van der Waals surface area contributed by atoms with Gasteiger partial charge in [-0.3, -0.25) is 4.79 Å². The van der Waals surface area contributed by atoms with E-state index in [4.69, 9.17) is 10.00 Å². The van der Waals surface area contributed by atoms with E-state index in [1.807, 2.05) is 30.3 Å². The molecule has 5 heteroatoms. The fraction of sp³-hybridized carbons (Fsp3) is 0.125. The summed E-state index contributed by atoms with van der Waals surface area (Å²) in [6, 6.07) is 16.5. The summed E-state index contributed by atoms with van der Waals surface area (Å²) in [6.07, 6.45) is 0.365. The second-order valence-electron chi connectivity index (χ2n) is 4.33. The van der Waals surface area contributed by atoms with Crippen LogP contribution in [0.3, 0.4) is 0 Å². The van der Waals surface area contributed by atoms with Crippen molar-refractivity contribution < 1.29 is 9.53 Å². The molecule has 2 aromatic carbocycles. The number of rotatable bonds is 5. The fourth-order valence-corrected chi connectivity index (χ4v) is 2.11. The summed E-state index contributed by atoms with van der Waals surface area (Å²) in [4.78, 5) is 11.8. The SMILES string of the molecule is N#CCc1ccc(OCC(=O)Nc2cccc(Br)c2)cc1. The van der Waals surface area contributed by atoms with E-state index >= 15 is 0 Å². The Labute approximate surface area is 131 Å². The second-order valence-corrected chi connectivity index (χ2v) is 5.24. The van der Waals surface area contributed by atoms with Gasteiger partial charge in [-0.05, 0) is 35.9 Å². The molecule has 1 amide bonds. The summed E-state index contributed by atoms with van der Waals surface area (Å²) in [6.45, 7) is -0.0654. The van der Waals surface area contributed by atoms with Crippen molar-refractivity contribution in [2.75, 3.05) is 11.9 Å².